The summed E-state index contributed by atoms with van der Waals surface area (Å²) in [5.74, 6) is 0.727. The fourth-order valence-corrected chi connectivity index (χ4v) is 3.27. The lowest BCUT2D eigenvalue weighted by molar-refractivity contribution is 0.0116. The van der Waals surface area contributed by atoms with Crippen LogP contribution in [0.2, 0.25) is 0 Å². The average Bonchev–Trinajstić information content (AvgIpc) is 3.07. The molecule has 6 nitrogen and oxygen atoms in total. The molecule has 2 N–H and O–H groups in total. The van der Waals surface area contributed by atoms with Crippen molar-refractivity contribution >= 4 is 5.82 Å². The number of pyridine rings is 1. The van der Waals surface area contributed by atoms with Crippen LogP contribution < -0.4 is 5.32 Å². The first-order valence-electron chi connectivity index (χ1n) is 7.34. The summed E-state index contributed by atoms with van der Waals surface area (Å²) in [5, 5.41) is 21.3. The summed E-state index contributed by atoms with van der Waals surface area (Å²) in [4.78, 5) is 6.49. The number of hydrogen-bond donors (Lipinski definition) is 2. The molecule has 112 valence electrons. The van der Waals surface area contributed by atoms with Crippen LogP contribution in [0.25, 0.3) is 0 Å². The molecule has 2 atom stereocenters. The number of likely N-dealkylation sites (tertiary alicyclic amines) is 1. The van der Waals surface area contributed by atoms with Crippen LogP contribution >= 0.6 is 0 Å². The fourth-order valence-electron chi connectivity index (χ4n) is 3.27. The van der Waals surface area contributed by atoms with Gasteiger partial charge in [0.25, 0.3) is 0 Å². The topological polar surface area (TPSA) is 81.4 Å². The van der Waals surface area contributed by atoms with E-state index in [-0.39, 0.29) is 18.2 Å². The average molecular weight is 288 g/mol. The van der Waals surface area contributed by atoms with E-state index < -0.39 is 0 Å². The molecule has 6 heteroatoms. The summed E-state index contributed by atoms with van der Waals surface area (Å²) < 4.78 is 6.04. The molecular formula is C15H20N4O2. The zero-order valence-corrected chi connectivity index (χ0v) is 12.0. The Kier molecular flexibility index (Phi) is 4.06. The standard InChI is InChI=1S/C15H20N4O2/c16-9-12-2-1-3-14(17-12)18-13-8-15(21-10-13)4-5-19(11-15)6-7-20/h1-3,13,20H,4-8,10-11H2,(H,17,18). The highest BCUT2D eigenvalue weighted by molar-refractivity contribution is 5.39. The van der Waals surface area contributed by atoms with Crippen LogP contribution in [0.1, 0.15) is 18.5 Å². The summed E-state index contributed by atoms with van der Waals surface area (Å²) in [6.07, 6.45) is 1.95. The first-order valence-corrected chi connectivity index (χ1v) is 7.34. The normalized spacial score (nSPS) is 28.9. The Hall–Kier alpha value is -1.68. The number of nitrogens with zero attached hydrogens (tertiary/aromatic N) is 3. The summed E-state index contributed by atoms with van der Waals surface area (Å²) in [5.41, 5.74) is 0.336. The first kappa shape index (κ1) is 14.3. The number of nitrogens with one attached hydrogen (secondary N) is 1. The Bertz CT molecular complexity index is 545. The monoisotopic (exact) mass is 288 g/mol. The smallest absolute Gasteiger partial charge is 0.142 e. The number of aromatic nitrogens is 1. The van der Waals surface area contributed by atoms with Crippen molar-refractivity contribution in [2.24, 2.45) is 0 Å². The lowest BCUT2D eigenvalue weighted by atomic mass is 9.97. The molecule has 0 radical (unpaired) electrons. The van der Waals surface area contributed by atoms with Gasteiger partial charge in [-0.3, -0.25) is 4.90 Å². The Morgan fingerprint density at radius 3 is 3.29 bits per heavy atom. The van der Waals surface area contributed by atoms with Gasteiger partial charge in [-0.1, -0.05) is 6.07 Å². The quantitative estimate of drug-likeness (QED) is 0.844. The zero-order chi connectivity index (χ0) is 14.7. The largest absolute Gasteiger partial charge is 0.395 e. The van der Waals surface area contributed by atoms with Crippen LogP contribution in [0.4, 0.5) is 5.82 Å². The van der Waals surface area contributed by atoms with E-state index in [1.165, 1.54) is 0 Å². The van der Waals surface area contributed by atoms with E-state index in [9.17, 15) is 0 Å². The predicted molar refractivity (Wildman–Crippen MR) is 77.8 cm³/mol. The minimum Gasteiger partial charge on any atom is -0.395 e. The molecule has 0 aromatic carbocycles. The lowest BCUT2D eigenvalue weighted by Gasteiger charge is -2.23. The van der Waals surface area contributed by atoms with Crippen molar-refractivity contribution in [2.45, 2.75) is 24.5 Å². The van der Waals surface area contributed by atoms with Crippen LogP contribution in [-0.4, -0.2) is 59.5 Å². The first-order chi connectivity index (χ1) is 10.2. The predicted octanol–water partition coefficient (Wildman–Crippen LogP) is 0.591. The molecular weight excluding hydrogens is 268 g/mol. The zero-order valence-electron chi connectivity index (χ0n) is 12.0. The summed E-state index contributed by atoms with van der Waals surface area (Å²) in [7, 11) is 0. The third-order valence-corrected chi connectivity index (χ3v) is 4.24. The van der Waals surface area contributed by atoms with E-state index in [4.69, 9.17) is 15.1 Å². The second-order valence-electron chi connectivity index (χ2n) is 5.81. The fraction of sp³-hybridized carbons (Fsp3) is 0.600. The minimum absolute atomic E-state index is 0.0837. The molecule has 0 bridgehead atoms. The number of ether oxygens (including phenoxy) is 1. The maximum Gasteiger partial charge on any atom is 0.142 e. The van der Waals surface area contributed by atoms with Crippen molar-refractivity contribution in [1.29, 1.82) is 5.26 Å². The van der Waals surface area contributed by atoms with E-state index in [1.54, 1.807) is 6.07 Å². The number of nitriles is 1. The molecule has 0 aliphatic carbocycles. The number of β-amino-alcohol motifs (C(OH)–C–C–N with tert-alkyl or cyclic N) is 1. The highest BCUT2D eigenvalue weighted by Gasteiger charge is 2.45. The number of aliphatic hydroxyl groups excluding tert-OH is 1. The Balaban J connectivity index is 1.59. The molecule has 2 unspecified atom stereocenters. The second kappa shape index (κ2) is 5.98. The molecule has 0 saturated carbocycles. The van der Waals surface area contributed by atoms with E-state index in [0.29, 0.717) is 12.3 Å². The van der Waals surface area contributed by atoms with Crippen LogP contribution in [0.15, 0.2) is 18.2 Å². The lowest BCUT2D eigenvalue weighted by Crippen LogP contribution is -2.34. The summed E-state index contributed by atoms with van der Waals surface area (Å²) in [6.45, 7) is 3.44. The van der Waals surface area contributed by atoms with E-state index in [2.05, 4.69) is 15.2 Å². The third-order valence-electron chi connectivity index (χ3n) is 4.24. The van der Waals surface area contributed by atoms with Crippen LogP contribution in [0.5, 0.6) is 0 Å². The van der Waals surface area contributed by atoms with E-state index in [0.717, 1.165) is 38.3 Å². The molecule has 1 aromatic rings. The molecule has 1 spiro atoms. The summed E-state index contributed by atoms with van der Waals surface area (Å²) in [6, 6.07) is 7.67. The Labute approximate surface area is 124 Å². The molecule has 2 aliphatic heterocycles. The summed E-state index contributed by atoms with van der Waals surface area (Å²) >= 11 is 0. The van der Waals surface area contributed by atoms with Crippen molar-refractivity contribution in [3.05, 3.63) is 23.9 Å². The molecule has 3 heterocycles. The highest BCUT2D eigenvalue weighted by Crippen LogP contribution is 2.35. The highest BCUT2D eigenvalue weighted by atomic mass is 16.5. The van der Waals surface area contributed by atoms with Gasteiger partial charge < -0.3 is 15.2 Å². The van der Waals surface area contributed by atoms with Gasteiger partial charge in [-0.2, -0.15) is 5.26 Å². The maximum atomic E-state index is 9.02. The third kappa shape index (κ3) is 3.16. The van der Waals surface area contributed by atoms with Crippen molar-refractivity contribution in [3.8, 4) is 6.07 Å². The Morgan fingerprint density at radius 2 is 2.48 bits per heavy atom. The van der Waals surface area contributed by atoms with Gasteiger partial charge in [0.1, 0.15) is 17.6 Å². The van der Waals surface area contributed by atoms with Crippen molar-refractivity contribution < 1.29 is 9.84 Å². The molecule has 2 fully saturated rings. The van der Waals surface area contributed by atoms with Crippen molar-refractivity contribution in [1.82, 2.24) is 9.88 Å². The van der Waals surface area contributed by atoms with Gasteiger partial charge in [0.15, 0.2) is 0 Å². The van der Waals surface area contributed by atoms with Crippen LogP contribution in [0.3, 0.4) is 0 Å². The molecule has 21 heavy (non-hydrogen) atoms. The molecule has 2 saturated heterocycles. The van der Waals surface area contributed by atoms with Crippen molar-refractivity contribution in [3.63, 3.8) is 0 Å². The van der Waals surface area contributed by atoms with Gasteiger partial charge >= 0.3 is 0 Å². The SMILES string of the molecule is N#Cc1cccc(NC2COC3(CCN(CCO)C3)C2)n1. The van der Waals surface area contributed by atoms with Gasteiger partial charge in [-0.05, 0) is 18.6 Å². The van der Waals surface area contributed by atoms with Gasteiger partial charge in [-0.15, -0.1) is 0 Å². The van der Waals surface area contributed by atoms with E-state index in [1.807, 2.05) is 18.2 Å². The molecule has 3 rings (SSSR count). The molecule has 0 amide bonds. The Morgan fingerprint density at radius 1 is 1.57 bits per heavy atom. The van der Waals surface area contributed by atoms with Gasteiger partial charge in [0.05, 0.1) is 24.9 Å². The van der Waals surface area contributed by atoms with Crippen LogP contribution in [-0.2, 0) is 4.74 Å². The van der Waals surface area contributed by atoms with Gasteiger partial charge in [0, 0.05) is 26.1 Å². The molecule has 2 aliphatic rings. The van der Waals surface area contributed by atoms with Gasteiger partial charge in [0.2, 0.25) is 0 Å². The number of hydrogen-bond acceptors (Lipinski definition) is 6. The van der Waals surface area contributed by atoms with Crippen LogP contribution in [0, 0.1) is 11.3 Å². The van der Waals surface area contributed by atoms with Gasteiger partial charge in [-0.25, -0.2) is 4.98 Å². The van der Waals surface area contributed by atoms with Crippen molar-refractivity contribution in [2.75, 3.05) is 38.2 Å². The number of aliphatic hydroxyl groups is 1. The minimum atomic E-state index is -0.0837. The molecule has 1 aromatic heterocycles. The number of rotatable bonds is 4. The van der Waals surface area contributed by atoms with E-state index >= 15 is 0 Å². The number of anilines is 1. The second-order valence-corrected chi connectivity index (χ2v) is 5.81. The maximum absolute atomic E-state index is 9.02.